The fraction of sp³-hybridized carbons (Fsp3) is 0.300. The van der Waals surface area contributed by atoms with Crippen LogP contribution in [0.3, 0.4) is 0 Å². The number of benzene rings is 1. The first kappa shape index (κ1) is 13.4. The lowest BCUT2D eigenvalue weighted by atomic mass is 10.3. The number of carbonyl (C=O) groups excluding carboxylic acids is 1. The highest BCUT2D eigenvalue weighted by molar-refractivity contribution is 9.10. The lowest BCUT2D eigenvalue weighted by Crippen LogP contribution is -2.13. The van der Waals surface area contributed by atoms with E-state index in [2.05, 4.69) is 21.2 Å². The van der Waals surface area contributed by atoms with E-state index in [1.165, 1.54) is 11.8 Å². The van der Waals surface area contributed by atoms with E-state index in [0.717, 1.165) is 12.1 Å². The van der Waals surface area contributed by atoms with E-state index in [1.807, 2.05) is 6.26 Å². The maximum absolute atomic E-state index is 13.3. The minimum Gasteiger partial charge on any atom is -0.323 e. The largest absolute Gasteiger partial charge is 0.323 e. The van der Waals surface area contributed by atoms with Crippen LogP contribution in [0.2, 0.25) is 0 Å². The van der Waals surface area contributed by atoms with Gasteiger partial charge in [-0.15, -0.1) is 0 Å². The van der Waals surface area contributed by atoms with Crippen molar-refractivity contribution in [1.82, 2.24) is 0 Å². The first-order valence-electron chi connectivity index (χ1n) is 4.48. The van der Waals surface area contributed by atoms with Crippen LogP contribution in [0.1, 0.15) is 6.42 Å². The summed E-state index contributed by atoms with van der Waals surface area (Å²) in [6.45, 7) is 0. The summed E-state index contributed by atoms with van der Waals surface area (Å²) in [6.07, 6.45) is 2.14. The smallest absolute Gasteiger partial charge is 0.225 e. The van der Waals surface area contributed by atoms with Crippen LogP contribution in [0.5, 0.6) is 0 Å². The Bertz CT molecular complexity index is 401. The number of nitrogens with one attached hydrogen (secondary N) is 1. The van der Waals surface area contributed by atoms with Gasteiger partial charge in [0.25, 0.3) is 0 Å². The number of halogens is 3. The van der Waals surface area contributed by atoms with Gasteiger partial charge in [0.1, 0.15) is 11.6 Å². The molecule has 0 fully saturated rings. The van der Waals surface area contributed by atoms with Gasteiger partial charge in [0.05, 0.1) is 10.2 Å². The van der Waals surface area contributed by atoms with Crippen LogP contribution in [-0.4, -0.2) is 17.9 Å². The van der Waals surface area contributed by atoms with Crippen molar-refractivity contribution in [2.45, 2.75) is 6.42 Å². The van der Waals surface area contributed by atoms with Crippen molar-refractivity contribution in [1.29, 1.82) is 0 Å². The third-order valence-electron chi connectivity index (χ3n) is 1.82. The van der Waals surface area contributed by atoms with Crippen molar-refractivity contribution >= 4 is 39.3 Å². The molecule has 0 aliphatic rings. The molecule has 0 saturated carbocycles. The fourth-order valence-electron chi connectivity index (χ4n) is 1.03. The van der Waals surface area contributed by atoms with E-state index in [1.54, 1.807) is 0 Å². The predicted molar refractivity (Wildman–Crippen MR) is 65.7 cm³/mol. The van der Waals surface area contributed by atoms with Gasteiger partial charge in [-0.25, -0.2) is 8.78 Å². The van der Waals surface area contributed by atoms with E-state index in [0.29, 0.717) is 5.75 Å². The second kappa shape index (κ2) is 6.20. The van der Waals surface area contributed by atoms with Crippen molar-refractivity contribution in [2.75, 3.05) is 17.3 Å². The van der Waals surface area contributed by atoms with Gasteiger partial charge in [-0.2, -0.15) is 11.8 Å². The predicted octanol–water partition coefficient (Wildman–Crippen LogP) is 3.42. The van der Waals surface area contributed by atoms with Crippen LogP contribution in [-0.2, 0) is 4.79 Å². The van der Waals surface area contributed by atoms with Crippen LogP contribution in [0, 0.1) is 11.6 Å². The monoisotopic (exact) mass is 309 g/mol. The maximum atomic E-state index is 13.3. The molecular weight excluding hydrogens is 300 g/mol. The SMILES string of the molecule is CSCCC(=O)Nc1cc(F)c(Br)cc1F. The molecule has 0 aliphatic carbocycles. The molecular formula is C10H10BrF2NOS. The van der Waals surface area contributed by atoms with Crippen molar-refractivity contribution in [3.8, 4) is 0 Å². The molecule has 88 valence electrons. The van der Waals surface area contributed by atoms with E-state index in [4.69, 9.17) is 0 Å². The van der Waals surface area contributed by atoms with Crippen LogP contribution >= 0.6 is 27.7 Å². The molecule has 0 saturated heterocycles. The Morgan fingerprint density at radius 2 is 2.12 bits per heavy atom. The van der Waals surface area contributed by atoms with Gasteiger partial charge in [-0.05, 0) is 28.3 Å². The molecule has 1 aromatic rings. The van der Waals surface area contributed by atoms with Crippen LogP contribution < -0.4 is 5.32 Å². The van der Waals surface area contributed by atoms with Crippen molar-refractivity contribution in [3.05, 3.63) is 28.2 Å². The fourth-order valence-corrected chi connectivity index (χ4v) is 1.73. The van der Waals surface area contributed by atoms with Gasteiger partial charge < -0.3 is 5.32 Å². The number of thioether (sulfide) groups is 1. The Hall–Kier alpha value is -0.620. The second-order valence-corrected chi connectivity index (χ2v) is 4.88. The molecule has 1 rings (SSSR count). The zero-order valence-electron chi connectivity index (χ0n) is 8.52. The molecule has 0 aliphatic heterocycles. The number of hydrogen-bond donors (Lipinski definition) is 1. The van der Waals surface area contributed by atoms with Crippen LogP contribution in [0.15, 0.2) is 16.6 Å². The molecule has 1 N–H and O–H groups in total. The summed E-state index contributed by atoms with van der Waals surface area (Å²) >= 11 is 4.37. The standard InChI is InChI=1S/C10H10BrF2NOS/c1-16-3-2-10(15)14-9-5-7(12)6(11)4-8(9)13/h4-5H,2-3H2,1H3,(H,14,15). The quantitative estimate of drug-likeness (QED) is 0.864. The topological polar surface area (TPSA) is 29.1 Å². The van der Waals surface area contributed by atoms with E-state index < -0.39 is 11.6 Å². The second-order valence-electron chi connectivity index (χ2n) is 3.04. The molecule has 0 atom stereocenters. The molecule has 0 aromatic heterocycles. The summed E-state index contributed by atoms with van der Waals surface area (Å²) in [5, 5.41) is 2.32. The van der Waals surface area contributed by atoms with Gasteiger partial charge in [-0.1, -0.05) is 0 Å². The molecule has 1 amide bonds. The molecule has 0 bridgehead atoms. The Kier molecular flexibility index (Phi) is 5.21. The first-order valence-corrected chi connectivity index (χ1v) is 6.66. The minimum absolute atomic E-state index is 0.0344. The summed E-state index contributed by atoms with van der Waals surface area (Å²) in [5.74, 6) is -0.950. The lowest BCUT2D eigenvalue weighted by Gasteiger charge is -2.06. The highest BCUT2D eigenvalue weighted by atomic mass is 79.9. The summed E-state index contributed by atoms with van der Waals surface area (Å²) in [4.78, 5) is 11.3. The van der Waals surface area contributed by atoms with E-state index >= 15 is 0 Å². The molecule has 1 aromatic carbocycles. The molecule has 0 unspecified atom stereocenters. The summed E-state index contributed by atoms with van der Waals surface area (Å²) in [6, 6.07) is 1.94. The van der Waals surface area contributed by atoms with Crippen LogP contribution in [0.25, 0.3) is 0 Å². The normalized spacial score (nSPS) is 10.2. The zero-order valence-corrected chi connectivity index (χ0v) is 10.9. The lowest BCUT2D eigenvalue weighted by molar-refractivity contribution is -0.115. The highest BCUT2D eigenvalue weighted by Gasteiger charge is 2.10. The summed E-state index contributed by atoms with van der Waals surface area (Å²) in [5.41, 5.74) is -0.133. The average Bonchev–Trinajstić information content (AvgIpc) is 2.23. The van der Waals surface area contributed by atoms with Crippen molar-refractivity contribution in [3.63, 3.8) is 0 Å². The maximum Gasteiger partial charge on any atom is 0.225 e. The molecule has 0 heterocycles. The van der Waals surface area contributed by atoms with Gasteiger partial charge in [0, 0.05) is 18.2 Å². The van der Waals surface area contributed by atoms with Gasteiger partial charge in [-0.3, -0.25) is 4.79 Å². The minimum atomic E-state index is -0.661. The summed E-state index contributed by atoms with van der Waals surface area (Å²) in [7, 11) is 0. The van der Waals surface area contributed by atoms with E-state index in [-0.39, 0.29) is 22.5 Å². The van der Waals surface area contributed by atoms with E-state index in [9.17, 15) is 13.6 Å². The third kappa shape index (κ3) is 3.75. The molecule has 16 heavy (non-hydrogen) atoms. The van der Waals surface area contributed by atoms with Gasteiger partial charge in [0.15, 0.2) is 0 Å². The molecule has 0 spiro atoms. The van der Waals surface area contributed by atoms with Crippen LogP contribution in [0.4, 0.5) is 14.5 Å². The van der Waals surface area contributed by atoms with Crippen molar-refractivity contribution in [2.24, 2.45) is 0 Å². The number of hydrogen-bond acceptors (Lipinski definition) is 2. The number of anilines is 1. The Balaban J connectivity index is 2.73. The van der Waals surface area contributed by atoms with Gasteiger partial charge in [0.2, 0.25) is 5.91 Å². The molecule has 6 heteroatoms. The zero-order chi connectivity index (χ0) is 12.1. The molecule has 0 radical (unpaired) electrons. The Morgan fingerprint density at radius 3 is 2.75 bits per heavy atom. The third-order valence-corrected chi connectivity index (χ3v) is 3.04. The average molecular weight is 310 g/mol. The molecule has 2 nitrogen and oxygen atoms in total. The number of rotatable bonds is 4. The first-order chi connectivity index (χ1) is 7.54. The van der Waals surface area contributed by atoms with Gasteiger partial charge >= 0.3 is 0 Å². The number of amides is 1. The summed E-state index contributed by atoms with van der Waals surface area (Å²) < 4.78 is 26.4. The Morgan fingerprint density at radius 1 is 1.44 bits per heavy atom. The van der Waals surface area contributed by atoms with Crippen molar-refractivity contribution < 1.29 is 13.6 Å². The highest BCUT2D eigenvalue weighted by Crippen LogP contribution is 2.23. The Labute approximate surface area is 105 Å². The number of carbonyl (C=O) groups is 1.